The fourth-order valence-corrected chi connectivity index (χ4v) is 1.74. The van der Waals surface area contributed by atoms with Crippen molar-refractivity contribution >= 4 is 11.6 Å². The molecular weight excluding hydrogens is 162 g/mol. The van der Waals surface area contributed by atoms with Gasteiger partial charge in [-0.3, -0.25) is 4.79 Å². The summed E-state index contributed by atoms with van der Waals surface area (Å²) in [6.07, 6.45) is 7.62. The van der Waals surface area contributed by atoms with Crippen molar-refractivity contribution in [3.8, 4) is 0 Å². The molecule has 0 radical (unpaired) electrons. The molecule has 0 N–H and O–H groups in total. The van der Waals surface area contributed by atoms with Gasteiger partial charge in [0.05, 0.1) is 5.71 Å². The Balaban J connectivity index is 2.46. The van der Waals surface area contributed by atoms with Crippen molar-refractivity contribution in [3.05, 3.63) is 35.5 Å². The average molecular weight is 173 g/mol. The molecule has 1 unspecified atom stereocenters. The maximum atomic E-state index is 11.0. The maximum absolute atomic E-state index is 11.0. The molecule has 0 saturated heterocycles. The van der Waals surface area contributed by atoms with E-state index in [1.54, 1.807) is 0 Å². The van der Waals surface area contributed by atoms with Crippen molar-refractivity contribution in [2.24, 2.45) is 10.9 Å². The second kappa shape index (κ2) is 2.80. The molecule has 2 heteroatoms. The monoisotopic (exact) mass is 173 g/mol. The van der Waals surface area contributed by atoms with Crippen LogP contribution < -0.4 is 0 Å². The zero-order valence-corrected chi connectivity index (χ0v) is 7.74. The van der Waals surface area contributed by atoms with Crippen molar-refractivity contribution in [1.82, 2.24) is 0 Å². The van der Waals surface area contributed by atoms with Crippen LogP contribution in [-0.2, 0) is 4.79 Å². The highest BCUT2D eigenvalue weighted by Gasteiger charge is 2.20. The minimum atomic E-state index is -0.146. The van der Waals surface area contributed by atoms with E-state index in [-0.39, 0.29) is 11.8 Å². The Kier molecular flexibility index (Phi) is 1.76. The Morgan fingerprint density at radius 1 is 1.38 bits per heavy atom. The summed E-state index contributed by atoms with van der Waals surface area (Å²) in [5.74, 6) is 0.0645. The van der Waals surface area contributed by atoms with Crippen LogP contribution in [0, 0.1) is 5.92 Å². The number of carbonyl (C=O) groups is 1. The molecule has 0 fully saturated rings. The van der Waals surface area contributed by atoms with E-state index in [2.05, 4.69) is 24.1 Å². The fourth-order valence-electron chi connectivity index (χ4n) is 1.74. The first kappa shape index (κ1) is 8.17. The van der Waals surface area contributed by atoms with Crippen LogP contribution in [0.4, 0.5) is 0 Å². The van der Waals surface area contributed by atoms with Crippen LogP contribution in [0.3, 0.4) is 0 Å². The lowest BCUT2D eigenvalue weighted by atomic mass is 9.88. The molecule has 1 aliphatic heterocycles. The van der Waals surface area contributed by atoms with E-state index in [1.807, 2.05) is 13.0 Å². The van der Waals surface area contributed by atoms with E-state index in [9.17, 15) is 4.79 Å². The Morgan fingerprint density at radius 3 is 2.92 bits per heavy atom. The van der Waals surface area contributed by atoms with Crippen LogP contribution in [-0.4, -0.2) is 11.6 Å². The molecule has 0 aromatic rings. The first-order valence-corrected chi connectivity index (χ1v) is 4.34. The smallest absolute Gasteiger partial charge is 0.267 e. The zero-order valence-electron chi connectivity index (χ0n) is 7.74. The number of hydrogen-bond acceptors (Lipinski definition) is 1. The van der Waals surface area contributed by atoms with Gasteiger partial charge >= 0.3 is 0 Å². The zero-order chi connectivity index (χ0) is 9.42. The number of amides is 1. The highest BCUT2D eigenvalue weighted by atomic mass is 16.1. The Labute approximate surface area is 77.4 Å². The topological polar surface area (TPSA) is 29.4 Å². The summed E-state index contributed by atoms with van der Waals surface area (Å²) in [6.45, 7) is 4.05. The van der Waals surface area contributed by atoms with Gasteiger partial charge in [0.2, 0.25) is 0 Å². The third-order valence-electron chi connectivity index (χ3n) is 2.28. The predicted molar refractivity (Wildman–Crippen MR) is 52.6 cm³/mol. The molecule has 0 bridgehead atoms. The lowest BCUT2D eigenvalue weighted by molar-refractivity contribution is -0.113. The van der Waals surface area contributed by atoms with Gasteiger partial charge in [0.15, 0.2) is 0 Å². The van der Waals surface area contributed by atoms with Crippen LogP contribution in [0.5, 0.6) is 0 Å². The number of dihydropyridines is 1. The lowest BCUT2D eigenvalue weighted by Crippen LogP contribution is -2.20. The van der Waals surface area contributed by atoms with Crippen LogP contribution in [0.2, 0.25) is 0 Å². The van der Waals surface area contributed by atoms with Gasteiger partial charge in [-0.25, -0.2) is 4.99 Å². The van der Waals surface area contributed by atoms with Crippen LogP contribution in [0.25, 0.3) is 0 Å². The van der Waals surface area contributed by atoms with E-state index in [0.717, 1.165) is 11.3 Å². The maximum Gasteiger partial charge on any atom is 0.269 e. The van der Waals surface area contributed by atoms with Gasteiger partial charge in [0, 0.05) is 12.0 Å². The number of fused-ring (bicyclic) bond motifs is 1. The van der Waals surface area contributed by atoms with Gasteiger partial charge in [0.25, 0.3) is 5.91 Å². The second-order valence-corrected chi connectivity index (χ2v) is 3.46. The van der Waals surface area contributed by atoms with Crippen LogP contribution in [0.15, 0.2) is 40.4 Å². The highest BCUT2D eigenvalue weighted by molar-refractivity contribution is 6.13. The van der Waals surface area contributed by atoms with Crippen molar-refractivity contribution in [3.63, 3.8) is 0 Å². The van der Waals surface area contributed by atoms with Crippen molar-refractivity contribution in [2.45, 2.75) is 13.8 Å². The number of rotatable bonds is 0. The van der Waals surface area contributed by atoms with E-state index in [0.29, 0.717) is 0 Å². The fraction of sp³-hybridized carbons (Fsp3) is 0.273. The minimum Gasteiger partial charge on any atom is -0.267 e. The molecular formula is C11H11NO. The lowest BCUT2D eigenvalue weighted by Gasteiger charge is -2.20. The number of allylic oxidation sites excluding steroid dienone is 5. The molecule has 0 saturated carbocycles. The van der Waals surface area contributed by atoms with Crippen molar-refractivity contribution < 1.29 is 4.79 Å². The van der Waals surface area contributed by atoms with Crippen molar-refractivity contribution in [1.29, 1.82) is 0 Å². The van der Waals surface area contributed by atoms with Gasteiger partial charge < -0.3 is 0 Å². The molecule has 0 aromatic carbocycles. The summed E-state index contributed by atoms with van der Waals surface area (Å²) >= 11 is 0. The highest BCUT2D eigenvalue weighted by Crippen LogP contribution is 2.23. The quantitative estimate of drug-likeness (QED) is 0.551. The molecule has 1 atom stereocenters. The molecule has 2 aliphatic rings. The first-order valence-electron chi connectivity index (χ1n) is 4.34. The predicted octanol–water partition coefficient (Wildman–Crippen LogP) is 2.05. The number of aliphatic imine (C=N–C) groups is 1. The summed E-state index contributed by atoms with van der Waals surface area (Å²) in [5, 5.41) is 0. The Hall–Kier alpha value is -1.44. The molecule has 0 aromatic heterocycles. The molecule has 1 amide bonds. The largest absolute Gasteiger partial charge is 0.269 e. The normalized spacial score (nSPS) is 26.2. The third-order valence-corrected chi connectivity index (χ3v) is 2.28. The molecule has 1 heterocycles. The van der Waals surface area contributed by atoms with E-state index < -0.39 is 0 Å². The van der Waals surface area contributed by atoms with Gasteiger partial charge in [-0.1, -0.05) is 23.8 Å². The van der Waals surface area contributed by atoms with Gasteiger partial charge in [-0.05, 0) is 19.4 Å². The standard InChI is InChI=1S/C11H11NO/c1-7-5-8(2)11-9(6-7)3-4-10(13)12-11/h3-6,9H,1-2H3. The van der Waals surface area contributed by atoms with Gasteiger partial charge in [0.1, 0.15) is 0 Å². The minimum absolute atomic E-state index is 0.146. The summed E-state index contributed by atoms with van der Waals surface area (Å²) < 4.78 is 0. The summed E-state index contributed by atoms with van der Waals surface area (Å²) in [5.41, 5.74) is 3.24. The van der Waals surface area contributed by atoms with Gasteiger partial charge in [-0.2, -0.15) is 0 Å². The summed E-state index contributed by atoms with van der Waals surface area (Å²) in [6, 6.07) is 0. The third kappa shape index (κ3) is 1.39. The average Bonchev–Trinajstić information content (AvgIpc) is 2.06. The van der Waals surface area contributed by atoms with E-state index in [4.69, 9.17) is 0 Å². The number of hydrogen-bond donors (Lipinski definition) is 0. The first-order chi connectivity index (χ1) is 6.16. The number of carbonyl (C=O) groups excluding carboxylic acids is 1. The van der Waals surface area contributed by atoms with Crippen LogP contribution >= 0.6 is 0 Å². The molecule has 66 valence electrons. The van der Waals surface area contributed by atoms with Gasteiger partial charge in [-0.15, -0.1) is 0 Å². The molecule has 13 heavy (non-hydrogen) atoms. The van der Waals surface area contributed by atoms with E-state index >= 15 is 0 Å². The molecule has 2 rings (SSSR count). The summed E-state index contributed by atoms with van der Waals surface area (Å²) in [4.78, 5) is 15.0. The Morgan fingerprint density at radius 2 is 2.15 bits per heavy atom. The molecule has 0 spiro atoms. The summed E-state index contributed by atoms with van der Waals surface area (Å²) in [7, 11) is 0. The SMILES string of the molecule is CC1=CC2C=CC(=O)N=C2C(C)=C1. The second-order valence-electron chi connectivity index (χ2n) is 3.46. The molecule has 1 aliphatic carbocycles. The number of nitrogens with zero attached hydrogens (tertiary/aromatic N) is 1. The molecule has 2 nitrogen and oxygen atoms in total. The van der Waals surface area contributed by atoms with E-state index in [1.165, 1.54) is 11.6 Å². The van der Waals surface area contributed by atoms with Crippen LogP contribution in [0.1, 0.15) is 13.8 Å². The van der Waals surface area contributed by atoms with Crippen molar-refractivity contribution in [2.75, 3.05) is 0 Å². The Bertz CT molecular complexity index is 383.